The smallest absolute Gasteiger partial charge is 0.266 e. The first kappa shape index (κ1) is 18.9. The van der Waals surface area contributed by atoms with Crippen molar-refractivity contribution < 1.29 is 14.3 Å². The van der Waals surface area contributed by atoms with E-state index >= 15 is 0 Å². The number of nitrogens with zero attached hydrogens (tertiary/aromatic N) is 2. The fourth-order valence-corrected chi connectivity index (χ4v) is 4.21. The van der Waals surface area contributed by atoms with Crippen LogP contribution in [0.3, 0.4) is 0 Å². The van der Waals surface area contributed by atoms with E-state index in [4.69, 9.17) is 4.74 Å². The van der Waals surface area contributed by atoms with E-state index in [0.717, 1.165) is 17.6 Å². The Morgan fingerprint density at radius 2 is 1.92 bits per heavy atom. The SMILES string of the molecule is COc1ccc(C(=O)N2CCN(C)CC2)cc1NC(=O)c1sccc1Br. The van der Waals surface area contributed by atoms with E-state index in [-0.39, 0.29) is 11.8 Å². The Bertz CT molecular complexity index is 816. The number of nitrogens with one attached hydrogen (secondary N) is 1. The first-order chi connectivity index (χ1) is 12.5. The molecule has 2 aromatic rings. The molecule has 26 heavy (non-hydrogen) atoms. The van der Waals surface area contributed by atoms with Gasteiger partial charge >= 0.3 is 0 Å². The van der Waals surface area contributed by atoms with Gasteiger partial charge in [0.2, 0.25) is 0 Å². The van der Waals surface area contributed by atoms with Crippen LogP contribution in [0.5, 0.6) is 5.75 Å². The Hall–Kier alpha value is -1.90. The quantitative estimate of drug-likeness (QED) is 0.797. The Balaban J connectivity index is 1.81. The summed E-state index contributed by atoms with van der Waals surface area (Å²) in [4.78, 5) is 29.9. The van der Waals surface area contributed by atoms with Crippen molar-refractivity contribution in [3.05, 3.63) is 44.6 Å². The number of thiophene rings is 1. The van der Waals surface area contributed by atoms with Gasteiger partial charge in [-0.15, -0.1) is 11.3 Å². The zero-order chi connectivity index (χ0) is 18.7. The molecular weight excluding hydrogens is 418 g/mol. The highest BCUT2D eigenvalue weighted by Crippen LogP contribution is 2.29. The molecule has 1 aromatic heterocycles. The van der Waals surface area contributed by atoms with Crippen LogP contribution in [0, 0.1) is 0 Å². The van der Waals surface area contributed by atoms with Gasteiger partial charge in [0, 0.05) is 36.2 Å². The van der Waals surface area contributed by atoms with E-state index in [1.54, 1.807) is 18.2 Å². The van der Waals surface area contributed by atoms with Crippen molar-refractivity contribution in [2.45, 2.75) is 0 Å². The second-order valence-corrected chi connectivity index (χ2v) is 7.83. The third kappa shape index (κ3) is 4.08. The summed E-state index contributed by atoms with van der Waals surface area (Å²) in [5.74, 6) is 0.240. The summed E-state index contributed by atoms with van der Waals surface area (Å²) >= 11 is 4.71. The fraction of sp³-hybridized carbons (Fsp3) is 0.333. The summed E-state index contributed by atoms with van der Waals surface area (Å²) in [5, 5.41) is 4.68. The van der Waals surface area contributed by atoms with E-state index in [0.29, 0.717) is 35.0 Å². The van der Waals surface area contributed by atoms with Gasteiger partial charge in [-0.25, -0.2) is 0 Å². The zero-order valence-electron chi connectivity index (χ0n) is 14.6. The summed E-state index contributed by atoms with van der Waals surface area (Å²) in [6, 6.07) is 6.95. The van der Waals surface area contributed by atoms with Gasteiger partial charge in [-0.1, -0.05) is 0 Å². The van der Waals surface area contributed by atoms with Crippen LogP contribution in [-0.4, -0.2) is 62.0 Å². The van der Waals surface area contributed by atoms with Crippen LogP contribution in [0.15, 0.2) is 34.1 Å². The van der Waals surface area contributed by atoms with E-state index in [2.05, 4.69) is 26.1 Å². The van der Waals surface area contributed by atoms with Crippen LogP contribution in [0.25, 0.3) is 0 Å². The lowest BCUT2D eigenvalue weighted by atomic mass is 10.1. The average molecular weight is 438 g/mol. The molecule has 0 bridgehead atoms. The predicted octanol–water partition coefficient (Wildman–Crippen LogP) is 3.16. The Labute approximate surface area is 164 Å². The maximum absolute atomic E-state index is 12.8. The summed E-state index contributed by atoms with van der Waals surface area (Å²) in [5.41, 5.74) is 1.02. The number of amides is 2. The molecule has 0 atom stereocenters. The van der Waals surface area contributed by atoms with Crippen molar-refractivity contribution in [2.75, 3.05) is 45.7 Å². The van der Waals surface area contributed by atoms with Crippen molar-refractivity contribution in [3.63, 3.8) is 0 Å². The topological polar surface area (TPSA) is 61.9 Å². The minimum atomic E-state index is -0.241. The van der Waals surface area contributed by atoms with E-state index < -0.39 is 0 Å². The molecule has 1 aliphatic heterocycles. The molecule has 1 saturated heterocycles. The first-order valence-electron chi connectivity index (χ1n) is 8.20. The highest BCUT2D eigenvalue weighted by Gasteiger charge is 2.22. The van der Waals surface area contributed by atoms with Gasteiger partial charge in [0.15, 0.2) is 0 Å². The van der Waals surface area contributed by atoms with Crippen molar-refractivity contribution in [1.29, 1.82) is 0 Å². The van der Waals surface area contributed by atoms with Crippen molar-refractivity contribution in [1.82, 2.24) is 9.80 Å². The minimum Gasteiger partial charge on any atom is -0.495 e. The highest BCUT2D eigenvalue weighted by atomic mass is 79.9. The second-order valence-electron chi connectivity index (χ2n) is 6.06. The monoisotopic (exact) mass is 437 g/mol. The molecule has 0 unspecified atom stereocenters. The number of halogens is 1. The molecule has 0 aliphatic carbocycles. The van der Waals surface area contributed by atoms with Gasteiger partial charge in [0.1, 0.15) is 10.6 Å². The average Bonchev–Trinajstić information content (AvgIpc) is 3.08. The van der Waals surface area contributed by atoms with Gasteiger partial charge in [0.05, 0.1) is 12.8 Å². The zero-order valence-corrected chi connectivity index (χ0v) is 17.0. The lowest BCUT2D eigenvalue weighted by Crippen LogP contribution is -2.47. The summed E-state index contributed by atoms with van der Waals surface area (Å²) in [6.07, 6.45) is 0. The molecular formula is C18H20BrN3O3S. The molecule has 1 aliphatic rings. The van der Waals surface area contributed by atoms with Crippen LogP contribution in [0.1, 0.15) is 20.0 Å². The molecule has 2 heterocycles. The van der Waals surface area contributed by atoms with Gasteiger partial charge in [-0.2, -0.15) is 0 Å². The van der Waals surface area contributed by atoms with Crippen LogP contribution >= 0.6 is 27.3 Å². The Morgan fingerprint density at radius 1 is 1.19 bits per heavy atom. The number of carbonyl (C=O) groups excluding carboxylic acids is 2. The Morgan fingerprint density at radius 3 is 2.54 bits per heavy atom. The summed E-state index contributed by atoms with van der Waals surface area (Å²) in [6.45, 7) is 3.12. The number of anilines is 1. The molecule has 1 aromatic carbocycles. The number of ether oxygens (including phenoxy) is 1. The third-order valence-electron chi connectivity index (χ3n) is 4.31. The third-order valence-corrected chi connectivity index (χ3v) is 6.14. The molecule has 138 valence electrons. The number of piperazine rings is 1. The molecule has 1 fully saturated rings. The number of methoxy groups -OCH3 is 1. The molecule has 0 radical (unpaired) electrons. The van der Waals surface area contributed by atoms with Crippen LogP contribution in [0.2, 0.25) is 0 Å². The van der Waals surface area contributed by atoms with Gasteiger partial charge in [0.25, 0.3) is 11.8 Å². The number of benzene rings is 1. The summed E-state index contributed by atoms with van der Waals surface area (Å²) < 4.78 is 6.07. The van der Waals surface area contributed by atoms with Gasteiger partial charge in [-0.3, -0.25) is 9.59 Å². The molecule has 1 N–H and O–H groups in total. The first-order valence-corrected chi connectivity index (χ1v) is 9.87. The number of likely N-dealkylation sites (N-methyl/N-ethyl adjacent to an activating group) is 1. The predicted molar refractivity (Wildman–Crippen MR) is 106 cm³/mol. The molecule has 8 heteroatoms. The molecule has 0 saturated carbocycles. The highest BCUT2D eigenvalue weighted by molar-refractivity contribution is 9.10. The summed E-state index contributed by atoms with van der Waals surface area (Å²) in [7, 11) is 3.58. The number of carbonyl (C=O) groups is 2. The maximum Gasteiger partial charge on any atom is 0.266 e. The van der Waals surface area contributed by atoms with Crippen molar-refractivity contribution >= 4 is 44.8 Å². The Kier molecular flexibility index (Phi) is 5.95. The van der Waals surface area contributed by atoms with Crippen LogP contribution in [-0.2, 0) is 0 Å². The fourth-order valence-electron chi connectivity index (χ4n) is 2.77. The molecule has 2 amide bonds. The maximum atomic E-state index is 12.8. The largest absolute Gasteiger partial charge is 0.495 e. The molecule has 3 rings (SSSR count). The van der Waals surface area contributed by atoms with Gasteiger partial charge < -0.3 is 19.9 Å². The lowest BCUT2D eigenvalue weighted by molar-refractivity contribution is 0.0664. The van der Waals surface area contributed by atoms with E-state index in [1.807, 2.05) is 23.4 Å². The van der Waals surface area contributed by atoms with Crippen molar-refractivity contribution in [3.8, 4) is 5.75 Å². The molecule has 0 spiro atoms. The lowest BCUT2D eigenvalue weighted by Gasteiger charge is -2.32. The van der Waals surface area contributed by atoms with Gasteiger partial charge in [-0.05, 0) is 52.6 Å². The van der Waals surface area contributed by atoms with E-state index in [1.165, 1.54) is 18.4 Å². The second kappa shape index (κ2) is 8.20. The van der Waals surface area contributed by atoms with Crippen LogP contribution in [0.4, 0.5) is 5.69 Å². The number of rotatable bonds is 4. The number of hydrogen-bond acceptors (Lipinski definition) is 5. The molecule has 6 nitrogen and oxygen atoms in total. The minimum absolute atomic E-state index is 0.0337. The standard InChI is InChI=1S/C18H20BrN3O3S/c1-21-6-8-22(9-7-21)18(24)12-3-4-15(25-2)14(11-12)20-17(23)16-13(19)5-10-26-16/h3-5,10-11H,6-9H2,1-2H3,(H,20,23). The van der Waals surface area contributed by atoms with E-state index in [9.17, 15) is 9.59 Å². The normalized spacial score (nSPS) is 15.0. The number of hydrogen-bond donors (Lipinski definition) is 1. The van der Waals surface area contributed by atoms with Crippen LogP contribution < -0.4 is 10.1 Å². The van der Waals surface area contributed by atoms with Crippen molar-refractivity contribution in [2.24, 2.45) is 0 Å².